The van der Waals surface area contributed by atoms with Crippen LogP contribution in [-0.2, 0) is 17.9 Å². The summed E-state index contributed by atoms with van der Waals surface area (Å²) in [5.41, 5.74) is 6.13. The molecule has 1 heterocycles. The lowest BCUT2D eigenvalue weighted by atomic mass is 10.2. The Hall–Kier alpha value is -3.80. The van der Waals surface area contributed by atoms with Gasteiger partial charge in [0.15, 0.2) is 5.58 Å². The van der Waals surface area contributed by atoms with Gasteiger partial charge in [-0.1, -0.05) is 60.7 Å². The third kappa shape index (κ3) is 4.38. The number of nitrogens with one attached hydrogen (secondary N) is 1. The molecule has 0 atom stereocenters. The van der Waals surface area contributed by atoms with E-state index < -0.39 is 5.76 Å². The first-order valence-electron chi connectivity index (χ1n) is 9.45. The molecule has 6 nitrogen and oxygen atoms in total. The molecule has 0 saturated heterocycles. The molecule has 0 aliphatic carbocycles. The van der Waals surface area contributed by atoms with Gasteiger partial charge in [-0.25, -0.2) is 4.79 Å². The van der Waals surface area contributed by atoms with Crippen LogP contribution in [0.25, 0.3) is 11.1 Å². The second-order valence-electron chi connectivity index (χ2n) is 6.68. The van der Waals surface area contributed by atoms with E-state index in [-0.39, 0.29) is 18.9 Å². The number of hydrogen-bond acceptors (Lipinski definition) is 4. The van der Waals surface area contributed by atoms with Gasteiger partial charge in [0.05, 0.1) is 17.7 Å². The van der Waals surface area contributed by atoms with Crippen LogP contribution in [0.2, 0.25) is 0 Å². The van der Waals surface area contributed by atoms with Crippen LogP contribution in [0.4, 0.5) is 5.69 Å². The van der Waals surface area contributed by atoms with Crippen molar-refractivity contribution in [2.24, 2.45) is 0 Å². The molecule has 0 unspecified atom stereocenters. The highest BCUT2D eigenvalue weighted by Gasteiger charge is 2.14. The van der Waals surface area contributed by atoms with Crippen molar-refractivity contribution < 1.29 is 9.21 Å². The second kappa shape index (κ2) is 8.48. The summed E-state index contributed by atoms with van der Waals surface area (Å²) >= 11 is 0. The van der Waals surface area contributed by atoms with Crippen molar-refractivity contribution in [2.75, 3.05) is 5.01 Å². The van der Waals surface area contributed by atoms with Crippen molar-refractivity contribution >= 4 is 22.7 Å². The summed E-state index contributed by atoms with van der Waals surface area (Å²) in [5, 5.41) is 1.81. The third-order valence-corrected chi connectivity index (χ3v) is 4.65. The first-order valence-corrected chi connectivity index (χ1v) is 9.45. The summed E-state index contributed by atoms with van der Waals surface area (Å²) in [6, 6.07) is 26.8. The minimum atomic E-state index is -0.455. The molecule has 4 rings (SSSR count). The molecule has 6 heteroatoms. The van der Waals surface area contributed by atoms with Gasteiger partial charge >= 0.3 is 5.76 Å². The number of hydrogen-bond donors (Lipinski definition) is 1. The quantitative estimate of drug-likeness (QED) is 0.491. The number of rotatable bonds is 7. The van der Waals surface area contributed by atoms with Gasteiger partial charge in [-0.3, -0.25) is 19.8 Å². The van der Waals surface area contributed by atoms with Gasteiger partial charge in [-0.2, -0.15) is 0 Å². The maximum absolute atomic E-state index is 12.7. The summed E-state index contributed by atoms with van der Waals surface area (Å²) in [6.07, 6.45) is 0.154. The van der Waals surface area contributed by atoms with Gasteiger partial charge < -0.3 is 4.42 Å². The summed E-state index contributed by atoms with van der Waals surface area (Å²) in [5.74, 6) is -0.634. The number of oxazole rings is 1. The number of fused-ring (bicyclic) bond motifs is 1. The maximum atomic E-state index is 12.7. The van der Waals surface area contributed by atoms with E-state index in [1.165, 1.54) is 4.57 Å². The van der Waals surface area contributed by atoms with Gasteiger partial charge in [0, 0.05) is 13.0 Å². The summed E-state index contributed by atoms with van der Waals surface area (Å²) in [6.45, 7) is 0.779. The molecule has 4 aromatic rings. The zero-order valence-electron chi connectivity index (χ0n) is 15.8. The zero-order valence-corrected chi connectivity index (χ0v) is 15.8. The van der Waals surface area contributed by atoms with E-state index in [2.05, 4.69) is 5.43 Å². The number of benzene rings is 3. The van der Waals surface area contributed by atoms with Crippen molar-refractivity contribution in [3.05, 3.63) is 101 Å². The predicted molar refractivity (Wildman–Crippen MR) is 112 cm³/mol. The highest BCUT2D eigenvalue weighted by atomic mass is 16.4. The van der Waals surface area contributed by atoms with E-state index in [0.717, 1.165) is 11.3 Å². The number of amides is 1. The number of para-hydroxylation sites is 3. The molecule has 3 aromatic carbocycles. The molecule has 29 heavy (non-hydrogen) atoms. The monoisotopic (exact) mass is 387 g/mol. The minimum absolute atomic E-state index is 0.154. The lowest BCUT2D eigenvalue weighted by Crippen LogP contribution is -2.42. The van der Waals surface area contributed by atoms with Crippen LogP contribution in [0.1, 0.15) is 12.0 Å². The molecule has 1 N–H and O–H groups in total. The maximum Gasteiger partial charge on any atom is 0.419 e. The standard InChI is InChI=1S/C23H21N3O3/c27-22(15-16-25-20-13-7-8-14-21(20)29-23(25)28)24-26(19-11-5-2-6-12-19)17-18-9-3-1-4-10-18/h1-14H,15-17H2,(H,24,27). The fourth-order valence-corrected chi connectivity index (χ4v) is 3.21. The molecule has 0 fully saturated rings. The summed E-state index contributed by atoms with van der Waals surface area (Å²) in [4.78, 5) is 24.8. The Balaban J connectivity index is 1.47. The number of aryl methyl sites for hydroxylation is 1. The Labute approximate surface area is 168 Å². The number of carbonyl (C=O) groups excluding carboxylic acids is 1. The Bertz CT molecular complexity index is 1150. The van der Waals surface area contributed by atoms with Gasteiger partial charge in [0.1, 0.15) is 0 Å². The first-order chi connectivity index (χ1) is 14.2. The van der Waals surface area contributed by atoms with Crippen LogP contribution in [0.15, 0.2) is 94.1 Å². The highest BCUT2D eigenvalue weighted by molar-refractivity contribution is 5.78. The molecule has 0 aliphatic rings. The Morgan fingerprint density at radius 1 is 0.897 bits per heavy atom. The van der Waals surface area contributed by atoms with Gasteiger partial charge in [-0.15, -0.1) is 0 Å². The topological polar surface area (TPSA) is 67.5 Å². The van der Waals surface area contributed by atoms with Crippen LogP contribution in [-0.4, -0.2) is 10.5 Å². The fraction of sp³-hybridized carbons (Fsp3) is 0.130. The number of aromatic nitrogens is 1. The molecule has 0 saturated carbocycles. The zero-order chi connectivity index (χ0) is 20.1. The van der Waals surface area contributed by atoms with Crippen molar-refractivity contribution in [2.45, 2.75) is 19.5 Å². The van der Waals surface area contributed by atoms with Crippen LogP contribution in [0.5, 0.6) is 0 Å². The largest absolute Gasteiger partial charge is 0.419 e. The van der Waals surface area contributed by atoms with Crippen LogP contribution in [0.3, 0.4) is 0 Å². The molecule has 0 radical (unpaired) electrons. The smallest absolute Gasteiger partial charge is 0.408 e. The summed E-state index contributed by atoms with van der Waals surface area (Å²) < 4.78 is 6.71. The van der Waals surface area contributed by atoms with E-state index in [1.54, 1.807) is 6.07 Å². The van der Waals surface area contributed by atoms with E-state index in [4.69, 9.17) is 4.42 Å². The number of hydrazine groups is 1. The SMILES string of the molecule is O=C(CCn1c(=O)oc2ccccc21)NN(Cc1ccccc1)c1ccccc1. The van der Waals surface area contributed by atoms with E-state index in [0.29, 0.717) is 17.6 Å². The van der Waals surface area contributed by atoms with Crippen LogP contribution in [0, 0.1) is 0 Å². The fourth-order valence-electron chi connectivity index (χ4n) is 3.21. The second-order valence-corrected chi connectivity index (χ2v) is 6.68. The number of carbonyl (C=O) groups is 1. The predicted octanol–water partition coefficient (Wildman–Crippen LogP) is 3.72. The molecule has 1 aromatic heterocycles. The molecule has 0 bridgehead atoms. The van der Waals surface area contributed by atoms with Crippen molar-refractivity contribution in [3.8, 4) is 0 Å². The molecule has 1 amide bonds. The van der Waals surface area contributed by atoms with Gasteiger partial charge in [0.25, 0.3) is 0 Å². The molecule has 0 spiro atoms. The molecule has 146 valence electrons. The molecular weight excluding hydrogens is 366 g/mol. The lowest BCUT2D eigenvalue weighted by molar-refractivity contribution is -0.121. The van der Waals surface area contributed by atoms with Gasteiger partial charge in [0.2, 0.25) is 5.91 Å². The van der Waals surface area contributed by atoms with E-state index >= 15 is 0 Å². The normalized spacial score (nSPS) is 10.8. The van der Waals surface area contributed by atoms with Crippen LogP contribution < -0.4 is 16.2 Å². The average Bonchev–Trinajstić information content (AvgIpc) is 3.08. The van der Waals surface area contributed by atoms with Crippen molar-refractivity contribution in [3.63, 3.8) is 0 Å². The van der Waals surface area contributed by atoms with Gasteiger partial charge in [-0.05, 0) is 29.8 Å². The van der Waals surface area contributed by atoms with Crippen molar-refractivity contribution in [1.82, 2.24) is 9.99 Å². The third-order valence-electron chi connectivity index (χ3n) is 4.65. The highest BCUT2D eigenvalue weighted by Crippen LogP contribution is 2.15. The molecular formula is C23H21N3O3. The Kier molecular flexibility index (Phi) is 5.42. The lowest BCUT2D eigenvalue weighted by Gasteiger charge is -2.25. The average molecular weight is 387 g/mol. The number of nitrogens with zero attached hydrogens (tertiary/aromatic N) is 2. The van der Waals surface area contributed by atoms with Crippen LogP contribution >= 0.6 is 0 Å². The molecule has 0 aliphatic heterocycles. The first kappa shape index (κ1) is 18.6. The van der Waals surface area contributed by atoms with Crippen molar-refractivity contribution in [1.29, 1.82) is 0 Å². The Morgan fingerprint density at radius 2 is 1.55 bits per heavy atom. The van der Waals surface area contributed by atoms with E-state index in [1.807, 2.05) is 83.9 Å². The number of anilines is 1. The summed E-state index contributed by atoms with van der Waals surface area (Å²) in [7, 11) is 0. The minimum Gasteiger partial charge on any atom is -0.408 e. The Morgan fingerprint density at radius 3 is 2.31 bits per heavy atom. The van der Waals surface area contributed by atoms with E-state index in [9.17, 15) is 9.59 Å².